The van der Waals surface area contributed by atoms with Gasteiger partial charge in [-0.1, -0.05) is 19.3 Å². The molecule has 0 amide bonds. The van der Waals surface area contributed by atoms with Crippen molar-refractivity contribution in [3.8, 4) is 0 Å². The molecule has 0 aromatic rings. The van der Waals surface area contributed by atoms with E-state index in [1.54, 1.807) is 0 Å². The molecule has 2 N–H and O–H groups in total. The van der Waals surface area contributed by atoms with Crippen LogP contribution in [0.3, 0.4) is 0 Å². The van der Waals surface area contributed by atoms with Crippen LogP contribution in [-0.2, 0) is 9.59 Å². The first kappa shape index (κ1) is 21.2. The average molecular weight is 236 g/mol. The fourth-order valence-electron chi connectivity index (χ4n) is 1.08. The topological polar surface area (TPSA) is 74.6 Å². The van der Waals surface area contributed by atoms with Crippen LogP contribution in [0.5, 0.6) is 0 Å². The van der Waals surface area contributed by atoms with Crippen molar-refractivity contribution in [3.63, 3.8) is 0 Å². The molecule has 0 aliphatic carbocycles. The minimum Gasteiger partial charge on any atom is -1.00 e. The van der Waals surface area contributed by atoms with Gasteiger partial charge in [0.15, 0.2) is 0 Å². The van der Waals surface area contributed by atoms with E-state index in [2.05, 4.69) is 0 Å². The first-order valence-corrected chi connectivity index (χ1v) is 4.56. The van der Waals surface area contributed by atoms with E-state index in [1.807, 2.05) is 0 Å². The van der Waals surface area contributed by atoms with Crippen molar-refractivity contribution in [2.45, 2.75) is 44.9 Å². The third-order valence-corrected chi connectivity index (χ3v) is 1.78. The number of carboxylic acids is 2. The Morgan fingerprint density at radius 1 is 0.733 bits per heavy atom. The van der Waals surface area contributed by atoms with E-state index in [4.69, 9.17) is 10.2 Å². The van der Waals surface area contributed by atoms with E-state index in [1.165, 1.54) is 0 Å². The molecule has 4 nitrogen and oxygen atoms in total. The molecule has 0 aliphatic heterocycles. The Kier molecular flexibility index (Phi) is 21.2. The number of aliphatic carboxylic acids is 2. The predicted octanol–water partition coefficient (Wildman–Crippen LogP) is -3.88. The van der Waals surface area contributed by atoms with Gasteiger partial charge in [-0.05, 0) is 12.8 Å². The molecule has 0 radical (unpaired) electrons. The van der Waals surface area contributed by atoms with E-state index in [0.29, 0.717) is 12.8 Å². The molecular weight excluding hydrogens is 218 g/mol. The number of rotatable bonds is 8. The maximum atomic E-state index is 10.1. The number of hydrogen-bond donors (Lipinski definition) is 2. The molecular formula is C9H18Na2O4. The Balaban J connectivity index is -0.000000120. The van der Waals surface area contributed by atoms with Crippen LogP contribution < -0.4 is 59.1 Å². The summed E-state index contributed by atoms with van der Waals surface area (Å²) in [6, 6.07) is 0. The molecule has 15 heavy (non-hydrogen) atoms. The predicted molar refractivity (Wildman–Crippen MR) is 49.8 cm³/mol. The van der Waals surface area contributed by atoms with E-state index in [-0.39, 0.29) is 74.8 Å². The van der Waals surface area contributed by atoms with Gasteiger partial charge in [-0.2, -0.15) is 0 Å². The average Bonchev–Trinajstić information content (AvgIpc) is 2.01. The number of hydrogen-bond acceptors (Lipinski definition) is 2. The zero-order valence-corrected chi connectivity index (χ0v) is 13.7. The molecule has 80 valence electrons. The Bertz CT molecular complexity index is 164. The Labute approximate surface area is 137 Å². The maximum Gasteiger partial charge on any atom is 1.00 e. The summed E-state index contributed by atoms with van der Waals surface area (Å²) >= 11 is 0. The zero-order valence-electron chi connectivity index (χ0n) is 11.7. The van der Waals surface area contributed by atoms with Gasteiger partial charge >= 0.3 is 71.1 Å². The van der Waals surface area contributed by atoms with Crippen molar-refractivity contribution in [2.24, 2.45) is 0 Å². The van der Waals surface area contributed by atoms with Gasteiger partial charge in [0, 0.05) is 12.8 Å². The maximum absolute atomic E-state index is 10.1. The zero-order chi connectivity index (χ0) is 10.1. The van der Waals surface area contributed by atoms with E-state index in [9.17, 15) is 9.59 Å². The van der Waals surface area contributed by atoms with Crippen LogP contribution in [-0.4, -0.2) is 22.2 Å². The summed E-state index contributed by atoms with van der Waals surface area (Å²) in [6.07, 6.45) is 4.53. The second-order valence-electron chi connectivity index (χ2n) is 3.06. The molecule has 0 saturated carbocycles. The summed E-state index contributed by atoms with van der Waals surface area (Å²) in [7, 11) is 0. The summed E-state index contributed by atoms with van der Waals surface area (Å²) in [5, 5.41) is 16.6. The Hall–Kier alpha value is 0.940. The van der Waals surface area contributed by atoms with Crippen LogP contribution in [0.15, 0.2) is 0 Å². The van der Waals surface area contributed by atoms with Gasteiger partial charge in [-0.25, -0.2) is 0 Å². The first-order valence-electron chi connectivity index (χ1n) is 4.56. The van der Waals surface area contributed by atoms with Crippen molar-refractivity contribution in [1.82, 2.24) is 0 Å². The summed E-state index contributed by atoms with van der Waals surface area (Å²) in [5.74, 6) is -1.52. The van der Waals surface area contributed by atoms with E-state index >= 15 is 0 Å². The number of carboxylic acid groups (broad SMARTS) is 2. The number of carbonyl (C=O) groups is 2. The second-order valence-corrected chi connectivity index (χ2v) is 3.06. The third kappa shape index (κ3) is 20.9. The van der Waals surface area contributed by atoms with Crippen molar-refractivity contribution >= 4 is 11.9 Å². The minimum atomic E-state index is -0.759. The van der Waals surface area contributed by atoms with Crippen LogP contribution in [0.1, 0.15) is 47.8 Å². The standard InChI is InChI=1S/C9H16O4.2Na.2H/c10-8(11)6-4-2-1-3-5-7-9(12)13;;;;/h1-7H2,(H,10,11)(H,12,13);;;;/q;2*+1;2*-1. The van der Waals surface area contributed by atoms with Gasteiger partial charge in [0.05, 0.1) is 0 Å². The second kappa shape index (κ2) is 14.9. The molecule has 0 spiro atoms. The van der Waals surface area contributed by atoms with Gasteiger partial charge in [0.2, 0.25) is 0 Å². The van der Waals surface area contributed by atoms with Crippen LogP contribution in [0, 0.1) is 0 Å². The smallest absolute Gasteiger partial charge is 1.00 e. The molecule has 0 bridgehead atoms. The van der Waals surface area contributed by atoms with Crippen molar-refractivity contribution in [1.29, 1.82) is 0 Å². The fraction of sp³-hybridized carbons (Fsp3) is 0.778. The Morgan fingerprint density at radius 2 is 1.00 bits per heavy atom. The molecule has 0 rings (SSSR count). The third-order valence-electron chi connectivity index (χ3n) is 1.78. The van der Waals surface area contributed by atoms with Gasteiger partial charge in [0.25, 0.3) is 0 Å². The molecule has 0 heterocycles. The molecule has 0 fully saturated rings. The van der Waals surface area contributed by atoms with Crippen LogP contribution >= 0.6 is 0 Å². The largest absolute Gasteiger partial charge is 1.00 e. The van der Waals surface area contributed by atoms with E-state index in [0.717, 1.165) is 19.3 Å². The monoisotopic (exact) mass is 236 g/mol. The first-order chi connectivity index (χ1) is 6.13. The van der Waals surface area contributed by atoms with Gasteiger partial charge in [-0.3, -0.25) is 9.59 Å². The molecule has 0 saturated heterocycles. The summed E-state index contributed by atoms with van der Waals surface area (Å²) < 4.78 is 0. The molecule has 0 atom stereocenters. The molecule has 0 aromatic heterocycles. The fourth-order valence-corrected chi connectivity index (χ4v) is 1.08. The summed E-state index contributed by atoms with van der Waals surface area (Å²) in [6.45, 7) is 0. The number of unbranched alkanes of at least 4 members (excludes halogenated alkanes) is 4. The van der Waals surface area contributed by atoms with Crippen LogP contribution in [0.2, 0.25) is 0 Å². The summed E-state index contributed by atoms with van der Waals surface area (Å²) in [5.41, 5.74) is 0. The molecule has 0 aliphatic rings. The van der Waals surface area contributed by atoms with Gasteiger partial charge in [0.1, 0.15) is 0 Å². The molecule has 0 unspecified atom stereocenters. The van der Waals surface area contributed by atoms with Crippen LogP contribution in [0.25, 0.3) is 0 Å². The van der Waals surface area contributed by atoms with Crippen molar-refractivity contribution in [3.05, 3.63) is 0 Å². The van der Waals surface area contributed by atoms with Crippen molar-refractivity contribution in [2.75, 3.05) is 0 Å². The Morgan fingerprint density at radius 3 is 1.27 bits per heavy atom. The molecule has 0 aromatic carbocycles. The van der Waals surface area contributed by atoms with Gasteiger partial charge < -0.3 is 13.1 Å². The quantitative estimate of drug-likeness (QED) is 0.334. The van der Waals surface area contributed by atoms with Crippen LogP contribution in [0.4, 0.5) is 0 Å². The molecule has 6 heteroatoms. The normalized spacial score (nSPS) is 8.53. The van der Waals surface area contributed by atoms with E-state index < -0.39 is 11.9 Å². The minimum absolute atomic E-state index is 0. The van der Waals surface area contributed by atoms with Crippen molar-refractivity contribution < 1.29 is 81.8 Å². The van der Waals surface area contributed by atoms with Gasteiger partial charge in [-0.15, -0.1) is 0 Å². The SMILES string of the molecule is O=C(O)CCCCCCCC(=O)O.[H-].[H-].[Na+].[Na+]. The summed E-state index contributed by atoms with van der Waals surface area (Å²) in [4.78, 5) is 20.2.